The minimum Gasteiger partial charge on any atom is -0.493 e. The van der Waals surface area contributed by atoms with E-state index in [1.165, 1.54) is 0 Å². The van der Waals surface area contributed by atoms with Crippen molar-refractivity contribution < 1.29 is 23.8 Å². The number of fused-ring (bicyclic) bond motifs is 3. The van der Waals surface area contributed by atoms with E-state index < -0.39 is 11.9 Å². The van der Waals surface area contributed by atoms with Crippen LogP contribution in [0.4, 0.5) is 0 Å². The first-order valence-corrected chi connectivity index (χ1v) is 8.42. The maximum Gasteiger partial charge on any atom is 0.334 e. The minimum absolute atomic E-state index is 0.231. The summed E-state index contributed by atoms with van der Waals surface area (Å²) in [5, 5.41) is 0.560. The molecule has 0 bridgehead atoms. The molecule has 0 radical (unpaired) electrons. The van der Waals surface area contributed by atoms with Gasteiger partial charge in [-0.25, -0.2) is 4.79 Å². The summed E-state index contributed by atoms with van der Waals surface area (Å²) in [4.78, 5) is 24.7. The molecule has 0 fully saturated rings. The molecule has 1 heterocycles. The highest BCUT2D eigenvalue weighted by Crippen LogP contribution is 2.50. The Balaban J connectivity index is 2.02. The highest BCUT2D eigenvalue weighted by molar-refractivity contribution is 6.30. The second-order valence-corrected chi connectivity index (χ2v) is 6.18. The lowest BCUT2D eigenvalue weighted by Gasteiger charge is -2.32. The van der Waals surface area contributed by atoms with Crippen LogP contribution in [0.25, 0.3) is 0 Å². The van der Waals surface area contributed by atoms with Gasteiger partial charge in [-0.3, -0.25) is 4.79 Å². The second kappa shape index (κ2) is 6.85. The molecule has 3 atom stereocenters. The van der Waals surface area contributed by atoms with Crippen LogP contribution in [0.3, 0.4) is 0 Å². The summed E-state index contributed by atoms with van der Waals surface area (Å²) in [5.74, 6) is -1.09. The molecular formula is C18H19ClO5. The van der Waals surface area contributed by atoms with Crippen molar-refractivity contribution in [2.45, 2.75) is 19.8 Å². The van der Waals surface area contributed by atoms with Crippen molar-refractivity contribution in [1.82, 2.24) is 0 Å². The SMILES string of the molecule is CCOC(=O)C1=C[C@H](C(=O)OCC)[C@H]2c3cc(Cl)ccc3OC[C@@H]12. The van der Waals surface area contributed by atoms with Crippen LogP contribution in [0.15, 0.2) is 29.8 Å². The van der Waals surface area contributed by atoms with E-state index in [1.54, 1.807) is 38.1 Å². The molecular weight excluding hydrogens is 332 g/mol. The summed E-state index contributed by atoms with van der Waals surface area (Å²) in [6, 6.07) is 5.33. The zero-order valence-corrected chi connectivity index (χ0v) is 14.3. The van der Waals surface area contributed by atoms with Gasteiger partial charge in [0.1, 0.15) is 5.75 Å². The van der Waals surface area contributed by atoms with Crippen molar-refractivity contribution >= 4 is 23.5 Å². The van der Waals surface area contributed by atoms with Crippen LogP contribution in [0.2, 0.25) is 5.02 Å². The van der Waals surface area contributed by atoms with Gasteiger partial charge in [0.05, 0.1) is 25.7 Å². The number of carbonyl (C=O) groups is 2. The maximum atomic E-state index is 12.4. The third-order valence-electron chi connectivity index (χ3n) is 4.40. The van der Waals surface area contributed by atoms with Crippen molar-refractivity contribution in [3.63, 3.8) is 0 Å². The average Bonchev–Trinajstić information content (AvgIpc) is 2.95. The lowest BCUT2D eigenvalue weighted by atomic mass is 9.79. The number of halogens is 1. The molecule has 0 N–H and O–H groups in total. The molecule has 0 unspecified atom stereocenters. The lowest BCUT2D eigenvalue weighted by Crippen LogP contribution is -2.32. The standard InChI is InChI=1S/C18H19ClO5/c1-3-22-17(20)11-8-13(18(21)23-4-2)16-12-7-10(19)5-6-15(12)24-9-14(11)16/h5-8,13-14,16H,3-4,9H2,1-2H3/t13-,14-,16+/m0/s1. The number of hydrogen-bond donors (Lipinski definition) is 0. The first-order valence-electron chi connectivity index (χ1n) is 8.04. The van der Waals surface area contributed by atoms with Crippen LogP contribution in [0.1, 0.15) is 25.3 Å². The average molecular weight is 351 g/mol. The number of carbonyl (C=O) groups excluding carboxylic acids is 2. The van der Waals surface area contributed by atoms with Gasteiger partial charge in [-0.1, -0.05) is 17.7 Å². The maximum absolute atomic E-state index is 12.4. The highest BCUT2D eigenvalue weighted by Gasteiger charge is 2.48. The molecule has 0 spiro atoms. The van der Waals surface area contributed by atoms with Gasteiger partial charge in [-0.2, -0.15) is 0 Å². The van der Waals surface area contributed by atoms with Gasteiger partial charge in [0.25, 0.3) is 0 Å². The molecule has 0 aromatic heterocycles. The first kappa shape index (κ1) is 16.8. The third kappa shape index (κ3) is 2.88. The Morgan fingerprint density at radius 2 is 2.00 bits per heavy atom. The largest absolute Gasteiger partial charge is 0.493 e. The zero-order valence-electron chi connectivity index (χ0n) is 13.6. The Bertz CT molecular complexity index is 697. The molecule has 1 aliphatic carbocycles. The molecule has 1 aliphatic heterocycles. The quantitative estimate of drug-likeness (QED) is 0.781. The Morgan fingerprint density at radius 3 is 2.71 bits per heavy atom. The van der Waals surface area contributed by atoms with E-state index >= 15 is 0 Å². The van der Waals surface area contributed by atoms with E-state index in [9.17, 15) is 9.59 Å². The topological polar surface area (TPSA) is 61.8 Å². The van der Waals surface area contributed by atoms with Gasteiger partial charge in [-0.15, -0.1) is 0 Å². The van der Waals surface area contributed by atoms with Crippen LogP contribution in [0.5, 0.6) is 5.75 Å². The van der Waals surface area contributed by atoms with Gasteiger partial charge in [-0.05, 0) is 32.0 Å². The zero-order chi connectivity index (χ0) is 17.3. The Kier molecular flexibility index (Phi) is 4.81. The smallest absolute Gasteiger partial charge is 0.334 e. The van der Waals surface area contributed by atoms with Gasteiger partial charge in [0.2, 0.25) is 0 Å². The number of ether oxygens (including phenoxy) is 3. The molecule has 2 aliphatic rings. The fraction of sp³-hybridized carbons (Fsp3) is 0.444. The molecule has 3 rings (SSSR count). The first-order chi connectivity index (χ1) is 11.6. The van der Waals surface area contributed by atoms with Crippen LogP contribution in [0, 0.1) is 11.8 Å². The summed E-state index contributed by atoms with van der Waals surface area (Å²) in [6.45, 7) is 4.39. The molecule has 6 heteroatoms. The molecule has 5 nitrogen and oxygen atoms in total. The Labute approximate surface area is 145 Å². The van der Waals surface area contributed by atoms with Gasteiger partial charge in [0.15, 0.2) is 0 Å². The van der Waals surface area contributed by atoms with Crippen molar-refractivity contribution in [3.05, 3.63) is 40.4 Å². The number of hydrogen-bond acceptors (Lipinski definition) is 5. The molecule has 0 amide bonds. The third-order valence-corrected chi connectivity index (χ3v) is 4.63. The van der Waals surface area contributed by atoms with E-state index in [1.807, 2.05) is 0 Å². The van der Waals surface area contributed by atoms with Crippen LogP contribution in [-0.4, -0.2) is 31.8 Å². The van der Waals surface area contributed by atoms with Crippen molar-refractivity contribution in [3.8, 4) is 5.75 Å². The van der Waals surface area contributed by atoms with E-state index in [0.29, 0.717) is 23.0 Å². The number of esters is 2. The normalized spacial score (nSPS) is 24.3. The van der Waals surface area contributed by atoms with Crippen LogP contribution in [-0.2, 0) is 19.1 Å². The van der Waals surface area contributed by atoms with Crippen LogP contribution >= 0.6 is 11.6 Å². The van der Waals surface area contributed by atoms with E-state index in [-0.39, 0.29) is 31.0 Å². The second-order valence-electron chi connectivity index (χ2n) is 5.75. The predicted molar refractivity (Wildman–Crippen MR) is 88.0 cm³/mol. The van der Waals surface area contributed by atoms with Gasteiger partial charge >= 0.3 is 11.9 Å². The Hall–Kier alpha value is -2.01. The van der Waals surface area contributed by atoms with Crippen molar-refractivity contribution in [2.24, 2.45) is 11.8 Å². The monoisotopic (exact) mass is 350 g/mol. The summed E-state index contributed by atoms with van der Waals surface area (Å²) in [7, 11) is 0. The predicted octanol–water partition coefficient (Wildman–Crippen LogP) is 3.11. The summed E-state index contributed by atoms with van der Waals surface area (Å²) < 4.78 is 16.1. The molecule has 1 aromatic rings. The number of benzene rings is 1. The van der Waals surface area contributed by atoms with Crippen molar-refractivity contribution in [2.75, 3.05) is 19.8 Å². The number of rotatable bonds is 4. The summed E-state index contributed by atoms with van der Waals surface area (Å²) >= 11 is 6.12. The van der Waals surface area contributed by atoms with Gasteiger partial charge in [0, 0.05) is 28.0 Å². The Morgan fingerprint density at radius 1 is 1.25 bits per heavy atom. The fourth-order valence-corrected chi connectivity index (χ4v) is 3.63. The van der Waals surface area contributed by atoms with Gasteiger partial charge < -0.3 is 14.2 Å². The molecule has 24 heavy (non-hydrogen) atoms. The van der Waals surface area contributed by atoms with Crippen molar-refractivity contribution in [1.29, 1.82) is 0 Å². The molecule has 0 saturated heterocycles. The summed E-state index contributed by atoms with van der Waals surface area (Å²) in [6.07, 6.45) is 1.67. The minimum atomic E-state index is -0.546. The van der Waals surface area contributed by atoms with E-state index in [0.717, 1.165) is 5.56 Å². The van der Waals surface area contributed by atoms with E-state index in [2.05, 4.69) is 0 Å². The fourth-order valence-electron chi connectivity index (χ4n) is 3.45. The molecule has 128 valence electrons. The lowest BCUT2D eigenvalue weighted by molar-refractivity contribution is -0.147. The van der Waals surface area contributed by atoms with Crippen LogP contribution < -0.4 is 4.74 Å². The summed E-state index contributed by atoms with van der Waals surface area (Å²) in [5.41, 5.74) is 1.30. The van der Waals surface area contributed by atoms with E-state index in [4.69, 9.17) is 25.8 Å². The molecule has 1 aromatic carbocycles. The molecule has 0 saturated carbocycles. The highest BCUT2D eigenvalue weighted by atomic mass is 35.5.